The Balaban J connectivity index is 2.61. The molecule has 0 spiro atoms. The predicted molar refractivity (Wildman–Crippen MR) is 59.4 cm³/mol. The van der Waals surface area contributed by atoms with Gasteiger partial charge in [-0.25, -0.2) is 0 Å². The van der Waals surface area contributed by atoms with E-state index in [1.165, 1.54) is 32.1 Å². The van der Waals surface area contributed by atoms with Gasteiger partial charge in [-0.3, -0.25) is 0 Å². The van der Waals surface area contributed by atoms with Gasteiger partial charge in [0.2, 0.25) is 0 Å². The van der Waals surface area contributed by atoms with Gasteiger partial charge in [0, 0.05) is 17.0 Å². The van der Waals surface area contributed by atoms with Crippen molar-refractivity contribution >= 4 is 11.6 Å². The van der Waals surface area contributed by atoms with Crippen LogP contribution in [0.1, 0.15) is 52.9 Å². The molecule has 0 heterocycles. The van der Waals surface area contributed by atoms with Crippen LogP contribution in [0.4, 0.5) is 0 Å². The van der Waals surface area contributed by atoms with E-state index >= 15 is 0 Å². The molecule has 1 nitrogen and oxygen atoms in total. The lowest BCUT2D eigenvalue weighted by atomic mass is 9.79. The van der Waals surface area contributed by atoms with E-state index in [9.17, 15) is 0 Å². The molecule has 0 radical (unpaired) electrons. The fourth-order valence-corrected chi connectivity index (χ4v) is 2.70. The van der Waals surface area contributed by atoms with E-state index in [1.807, 2.05) is 0 Å². The molecule has 1 fully saturated rings. The van der Waals surface area contributed by atoms with Crippen LogP contribution in [0.5, 0.6) is 0 Å². The predicted octanol–water partition coefficient (Wildman–Crippen LogP) is 3.31. The minimum absolute atomic E-state index is 0.216. The van der Waals surface area contributed by atoms with Crippen molar-refractivity contribution in [3.8, 4) is 0 Å². The van der Waals surface area contributed by atoms with Crippen molar-refractivity contribution in [1.29, 1.82) is 0 Å². The molecule has 1 rings (SSSR count). The summed E-state index contributed by atoms with van der Waals surface area (Å²) in [6.45, 7) is 6.54. The van der Waals surface area contributed by atoms with E-state index in [2.05, 4.69) is 26.1 Å². The third-order valence-corrected chi connectivity index (χ3v) is 3.50. The SMILES string of the molecule is CC(C)NC1(C(C)Cl)CCCCC1. The third-order valence-electron chi connectivity index (χ3n) is 3.08. The molecule has 1 aliphatic rings. The second-order valence-corrected chi connectivity index (χ2v) is 5.29. The molecule has 1 aliphatic carbocycles. The van der Waals surface area contributed by atoms with Crippen LogP contribution in [-0.2, 0) is 0 Å². The Hall–Kier alpha value is 0.250. The van der Waals surface area contributed by atoms with E-state index < -0.39 is 0 Å². The van der Waals surface area contributed by atoms with Crippen LogP contribution in [0, 0.1) is 0 Å². The van der Waals surface area contributed by atoms with E-state index in [4.69, 9.17) is 11.6 Å². The molecule has 1 saturated carbocycles. The highest BCUT2D eigenvalue weighted by Gasteiger charge is 2.36. The van der Waals surface area contributed by atoms with E-state index in [1.54, 1.807) is 0 Å². The highest BCUT2D eigenvalue weighted by atomic mass is 35.5. The van der Waals surface area contributed by atoms with E-state index in [-0.39, 0.29) is 10.9 Å². The van der Waals surface area contributed by atoms with Crippen LogP contribution in [0.25, 0.3) is 0 Å². The molecule has 1 atom stereocenters. The van der Waals surface area contributed by atoms with Crippen LogP contribution in [0.3, 0.4) is 0 Å². The molecular weight excluding hydrogens is 182 g/mol. The van der Waals surface area contributed by atoms with Crippen molar-refractivity contribution < 1.29 is 0 Å². The third kappa shape index (κ3) is 2.85. The van der Waals surface area contributed by atoms with Crippen LogP contribution in [0.15, 0.2) is 0 Å². The molecule has 1 N–H and O–H groups in total. The minimum atomic E-state index is 0.216. The van der Waals surface area contributed by atoms with Gasteiger partial charge in [-0.15, -0.1) is 11.6 Å². The molecule has 0 bridgehead atoms. The van der Waals surface area contributed by atoms with Gasteiger partial charge in [-0.1, -0.05) is 33.1 Å². The number of hydrogen-bond donors (Lipinski definition) is 1. The Morgan fingerprint density at radius 2 is 1.62 bits per heavy atom. The Bertz CT molecular complexity index is 148. The number of alkyl halides is 1. The molecule has 1 unspecified atom stereocenters. The van der Waals surface area contributed by atoms with Gasteiger partial charge >= 0.3 is 0 Å². The molecule has 0 aliphatic heterocycles. The maximum Gasteiger partial charge on any atom is 0.0489 e. The summed E-state index contributed by atoms with van der Waals surface area (Å²) in [5.74, 6) is 0. The minimum Gasteiger partial charge on any atom is -0.308 e. The van der Waals surface area contributed by atoms with Crippen molar-refractivity contribution in [2.24, 2.45) is 0 Å². The highest BCUT2D eigenvalue weighted by Crippen LogP contribution is 2.33. The normalized spacial score (nSPS) is 24.7. The summed E-state index contributed by atoms with van der Waals surface area (Å²) >= 11 is 6.29. The fourth-order valence-electron chi connectivity index (χ4n) is 2.41. The quantitative estimate of drug-likeness (QED) is 0.695. The summed E-state index contributed by atoms with van der Waals surface area (Å²) in [6, 6.07) is 0.541. The van der Waals surface area contributed by atoms with Crippen molar-refractivity contribution in [1.82, 2.24) is 5.32 Å². The van der Waals surface area contributed by atoms with Gasteiger partial charge in [-0.05, 0) is 19.8 Å². The first-order chi connectivity index (χ1) is 6.07. The van der Waals surface area contributed by atoms with Crippen LogP contribution in [0.2, 0.25) is 0 Å². The standard InChI is InChI=1S/C11H22ClN/c1-9(2)13-11(10(3)12)7-5-4-6-8-11/h9-10,13H,4-8H2,1-3H3. The molecule has 0 aromatic heterocycles. The molecular formula is C11H22ClN. The second kappa shape index (κ2) is 4.65. The first-order valence-corrected chi connectivity index (χ1v) is 5.92. The number of nitrogens with one attached hydrogen (secondary N) is 1. The lowest BCUT2D eigenvalue weighted by Gasteiger charge is -2.42. The van der Waals surface area contributed by atoms with Gasteiger partial charge in [0.15, 0.2) is 0 Å². The van der Waals surface area contributed by atoms with Crippen molar-refractivity contribution in [3.05, 3.63) is 0 Å². The summed E-state index contributed by atoms with van der Waals surface area (Å²) in [5.41, 5.74) is 0.216. The molecule has 0 aromatic rings. The van der Waals surface area contributed by atoms with Crippen molar-refractivity contribution in [2.75, 3.05) is 0 Å². The first-order valence-electron chi connectivity index (χ1n) is 5.48. The fraction of sp³-hybridized carbons (Fsp3) is 1.00. The van der Waals surface area contributed by atoms with Crippen LogP contribution < -0.4 is 5.32 Å². The van der Waals surface area contributed by atoms with E-state index in [0.717, 1.165) is 0 Å². The maximum atomic E-state index is 6.29. The van der Waals surface area contributed by atoms with Gasteiger partial charge in [0.05, 0.1) is 0 Å². The Kier molecular flexibility index (Phi) is 4.06. The zero-order chi connectivity index (χ0) is 9.90. The zero-order valence-corrected chi connectivity index (χ0v) is 9.82. The number of hydrogen-bond acceptors (Lipinski definition) is 1. The van der Waals surface area contributed by atoms with Gasteiger partial charge in [-0.2, -0.15) is 0 Å². The molecule has 78 valence electrons. The smallest absolute Gasteiger partial charge is 0.0489 e. The van der Waals surface area contributed by atoms with Gasteiger partial charge in [0.25, 0.3) is 0 Å². The zero-order valence-electron chi connectivity index (χ0n) is 9.07. The average molecular weight is 204 g/mol. The van der Waals surface area contributed by atoms with Crippen molar-refractivity contribution in [3.63, 3.8) is 0 Å². The molecule has 0 amide bonds. The average Bonchev–Trinajstić information content (AvgIpc) is 2.04. The Morgan fingerprint density at radius 1 is 1.08 bits per heavy atom. The lowest BCUT2D eigenvalue weighted by molar-refractivity contribution is 0.212. The first kappa shape index (κ1) is 11.3. The highest BCUT2D eigenvalue weighted by molar-refractivity contribution is 6.21. The second-order valence-electron chi connectivity index (χ2n) is 4.63. The Labute approximate surface area is 87.2 Å². The summed E-state index contributed by atoms with van der Waals surface area (Å²) in [5, 5.41) is 3.91. The summed E-state index contributed by atoms with van der Waals surface area (Å²) < 4.78 is 0. The van der Waals surface area contributed by atoms with E-state index in [0.29, 0.717) is 6.04 Å². The molecule has 2 heteroatoms. The summed E-state index contributed by atoms with van der Waals surface area (Å²) in [6.07, 6.45) is 6.53. The Morgan fingerprint density at radius 3 is 2.00 bits per heavy atom. The largest absolute Gasteiger partial charge is 0.308 e. The lowest BCUT2D eigenvalue weighted by Crippen LogP contribution is -2.55. The van der Waals surface area contributed by atoms with Gasteiger partial charge < -0.3 is 5.32 Å². The van der Waals surface area contributed by atoms with Crippen molar-refractivity contribution in [2.45, 2.75) is 69.8 Å². The number of rotatable bonds is 3. The van der Waals surface area contributed by atoms with Gasteiger partial charge in [0.1, 0.15) is 0 Å². The maximum absolute atomic E-state index is 6.29. The molecule has 0 aromatic carbocycles. The van der Waals surface area contributed by atoms with Crippen LogP contribution in [-0.4, -0.2) is 17.0 Å². The molecule has 0 saturated heterocycles. The molecule has 13 heavy (non-hydrogen) atoms. The summed E-state index contributed by atoms with van der Waals surface area (Å²) in [7, 11) is 0. The summed E-state index contributed by atoms with van der Waals surface area (Å²) in [4.78, 5) is 0. The van der Waals surface area contributed by atoms with Crippen LogP contribution >= 0.6 is 11.6 Å². The number of halogens is 1. The monoisotopic (exact) mass is 203 g/mol. The topological polar surface area (TPSA) is 12.0 Å².